The molecule has 0 atom stereocenters. The molecule has 0 aliphatic carbocycles. The van der Waals surface area contributed by atoms with Crippen molar-refractivity contribution >= 4 is 0 Å². The van der Waals surface area contributed by atoms with E-state index >= 15 is 0 Å². The van der Waals surface area contributed by atoms with E-state index in [4.69, 9.17) is 28.4 Å². The molecule has 0 amide bonds. The molecule has 0 aromatic heterocycles. The van der Waals surface area contributed by atoms with Gasteiger partial charge in [0, 0.05) is 6.61 Å². The van der Waals surface area contributed by atoms with E-state index in [0.29, 0.717) is 72.7 Å². The van der Waals surface area contributed by atoms with Crippen LogP contribution in [0.5, 0.6) is 0 Å². The van der Waals surface area contributed by atoms with E-state index in [1.165, 1.54) is 83.5 Å². The van der Waals surface area contributed by atoms with Gasteiger partial charge in [-0.2, -0.15) is 0 Å². The average Bonchev–Trinajstić information content (AvgIpc) is 2.87. The summed E-state index contributed by atoms with van der Waals surface area (Å²) in [6.07, 6.45) is 21.1. The smallest absolute Gasteiger partial charge is 0.0704 e. The van der Waals surface area contributed by atoms with Gasteiger partial charge in [-0.25, -0.2) is 0 Å². The summed E-state index contributed by atoms with van der Waals surface area (Å²) < 4.78 is 32.7. The van der Waals surface area contributed by atoms with Crippen LogP contribution >= 0.6 is 0 Å². The zero-order chi connectivity index (χ0) is 25.3. The highest BCUT2D eigenvalue weighted by Gasteiger charge is 1.96. The summed E-state index contributed by atoms with van der Waals surface area (Å²) in [6, 6.07) is 0. The molecule has 0 bridgehead atoms. The Bertz CT molecular complexity index is 380. The van der Waals surface area contributed by atoms with Crippen molar-refractivity contribution in [2.24, 2.45) is 0 Å². The van der Waals surface area contributed by atoms with Gasteiger partial charge in [-0.3, -0.25) is 0 Å². The van der Waals surface area contributed by atoms with Crippen molar-refractivity contribution in [3.63, 3.8) is 0 Å². The predicted octanol–water partition coefficient (Wildman–Crippen LogP) is 6.75. The minimum Gasteiger partial charge on any atom is -0.379 e. The normalized spacial score (nSPS) is 11.3. The molecule has 0 aromatic carbocycles. The van der Waals surface area contributed by atoms with Gasteiger partial charge in [0.1, 0.15) is 0 Å². The lowest BCUT2D eigenvalue weighted by atomic mass is 10.0. The van der Waals surface area contributed by atoms with Gasteiger partial charge in [-0.1, -0.05) is 96.5 Å². The van der Waals surface area contributed by atoms with Crippen LogP contribution in [0.1, 0.15) is 96.8 Å². The molecule has 210 valence electrons. The first kappa shape index (κ1) is 34.5. The third-order valence-corrected chi connectivity index (χ3v) is 5.74. The van der Waals surface area contributed by atoms with E-state index in [2.05, 4.69) is 13.5 Å². The Labute approximate surface area is 217 Å². The molecule has 35 heavy (non-hydrogen) atoms. The highest BCUT2D eigenvalue weighted by Crippen LogP contribution is 2.12. The molecule has 0 unspecified atom stereocenters. The molecule has 0 spiro atoms. The van der Waals surface area contributed by atoms with Crippen LogP contribution in [-0.4, -0.2) is 79.3 Å². The molecule has 0 aromatic rings. The van der Waals surface area contributed by atoms with Crippen molar-refractivity contribution in [1.82, 2.24) is 0 Å². The summed E-state index contributed by atoms with van der Waals surface area (Å²) in [5, 5.41) is 0. The Kier molecular flexibility index (Phi) is 33.0. The quantitative estimate of drug-likeness (QED) is 0.0749. The molecular formula is C29H58O6. The van der Waals surface area contributed by atoms with Gasteiger partial charge in [-0.05, 0) is 6.42 Å². The summed E-state index contributed by atoms with van der Waals surface area (Å²) in [7, 11) is 0. The summed E-state index contributed by atoms with van der Waals surface area (Å²) >= 11 is 0. The van der Waals surface area contributed by atoms with Crippen molar-refractivity contribution in [2.45, 2.75) is 96.8 Å². The molecule has 0 saturated carbocycles. The lowest BCUT2D eigenvalue weighted by molar-refractivity contribution is -0.0158. The van der Waals surface area contributed by atoms with E-state index in [1.807, 2.05) is 0 Å². The highest BCUT2D eigenvalue weighted by atomic mass is 16.6. The van der Waals surface area contributed by atoms with Crippen molar-refractivity contribution in [3.05, 3.63) is 12.7 Å². The van der Waals surface area contributed by atoms with Gasteiger partial charge < -0.3 is 28.4 Å². The van der Waals surface area contributed by atoms with Crippen LogP contribution in [0, 0.1) is 0 Å². The first-order valence-corrected chi connectivity index (χ1v) is 14.5. The summed E-state index contributed by atoms with van der Waals surface area (Å²) in [5.41, 5.74) is 0. The van der Waals surface area contributed by atoms with Crippen molar-refractivity contribution < 1.29 is 28.4 Å². The van der Waals surface area contributed by atoms with Crippen LogP contribution in [0.2, 0.25) is 0 Å². The monoisotopic (exact) mass is 502 g/mol. The largest absolute Gasteiger partial charge is 0.379 e. The second-order valence-electron chi connectivity index (χ2n) is 9.02. The minimum absolute atomic E-state index is 0.563. The second kappa shape index (κ2) is 33.5. The number of rotatable bonds is 32. The molecular weight excluding hydrogens is 444 g/mol. The fraction of sp³-hybridized carbons (Fsp3) is 0.931. The Morgan fingerprint density at radius 3 is 1.00 bits per heavy atom. The maximum absolute atomic E-state index is 5.65. The van der Waals surface area contributed by atoms with Crippen LogP contribution in [0.4, 0.5) is 0 Å². The molecule has 6 nitrogen and oxygen atoms in total. The van der Waals surface area contributed by atoms with Crippen molar-refractivity contribution in [3.8, 4) is 0 Å². The first-order chi connectivity index (χ1) is 17.4. The van der Waals surface area contributed by atoms with E-state index in [1.54, 1.807) is 6.08 Å². The number of ether oxygens (including phenoxy) is 6. The molecule has 0 aliphatic rings. The lowest BCUT2D eigenvalue weighted by Crippen LogP contribution is -2.14. The molecule has 0 radical (unpaired) electrons. The molecule has 0 N–H and O–H groups in total. The van der Waals surface area contributed by atoms with Crippen LogP contribution in [-0.2, 0) is 28.4 Å². The summed E-state index contributed by atoms with van der Waals surface area (Å²) in [4.78, 5) is 0. The average molecular weight is 503 g/mol. The number of unbranched alkanes of at least 4 members (excludes halogenated alkanes) is 13. The third kappa shape index (κ3) is 33.5. The zero-order valence-electron chi connectivity index (χ0n) is 23.1. The van der Waals surface area contributed by atoms with Gasteiger partial charge in [-0.15, -0.1) is 6.58 Å². The number of hydrogen-bond acceptors (Lipinski definition) is 6. The standard InChI is InChI=1S/C29H58O6/c1-3-5-6-7-8-9-10-11-12-13-14-15-16-17-19-31-21-23-33-25-27-35-29-28-34-26-24-32-22-20-30-18-4-2/h4H,2-3,5-29H2,1H3. The Morgan fingerprint density at radius 1 is 0.371 bits per heavy atom. The fourth-order valence-corrected chi connectivity index (χ4v) is 3.66. The third-order valence-electron chi connectivity index (χ3n) is 5.74. The first-order valence-electron chi connectivity index (χ1n) is 14.5. The van der Waals surface area contributed by atoms with Gasteiger partial charge >= 0.3 is 0 Å². The molecule has 0 saturated heterocycles. The topological polar surface area (TPSA) is 55.4 Å². The predicted molar refractivity (Wildman–Crippen MR) is 145 cm³/mol. The van der Waals surface area contributed by atoms with Gasteiger partial charge in [0.15, 0.2) is 0 Å². The maximum atomic E-state index is 5.65. The van der Waals surface area contributed by atoms with Crippen LogP contribution in [0.15, 0.2) is 12.7 Å². The second-order valence-corrected chi connectivity index (χ2v) is 9.02. The van der Waals surface area contributed by atoms with Crippen LogP contribution in [0.25, 0.3) is 0 Å². The van der Waals surface area contributed by atoms with E-state index < -0.39 is 0 Å². The van der Waals surface area contributed by atoms with Crippen LogP contribution < -0.4 is 0 Å². The highest BCUT2D eigenvalue weighted by molar-refractivity contribution is 4.63. The van der Waals surface area contributed by atoms with Gasteiger partial charge in [0.05, 0.1) is 72.7 Å². The lowest BCUT2D eigenvalue weighted by Gasteiger charge is -2.08. The van der Waals surface area contributed by atoms with Gasteiger partial charge in [0.25, 0.3) is 0 Å². The fourth-order valence-electron chi connectivity index (χ4n) is 3.66. The van der Waals surface area contributed by atoms with E-state index in [9.17, 15) is 0 Å². The molecule has 0 heterocycles. The molecule has 0 rings (SSSR count). The van der Waals surface area contributed by atoms with Crippen molar-refractivity contribution in [1.29, 1.82) is 0 Å². The summed E-state index contributed by atoms with van der Waals surface area (Å²) in [5.74, 6) is 0. The Balaban J connectivity index is 3.00. The van der Waals surface area contributed by atoms with Crippen LogP contribution in [0.3, 0.4) is 0 Å². The SMILES string of the molecule is C=CCOCCOCCOCCOCCOCCOCCCCCCCCCCCCCCCC. The molecule has 0 fully saturated rings. The van der Waals surface area contributed by atoms with E-state index in [-0.39, 0.29) is 0 Å². The molecule has 0 aliphatic heterocycles. The van der Waals surface area contributed by atoms with Gasteiger partial charge in [0.2, 0.25) is 0 Å². The summed E-state index contributed by atoms with van der Waals surface area (Å²) in [6.45, 7) is 13.2. The van der Waals surface area contributed by atoms with Crippen molar-refractivity contribution in [2.75, 3.05) is 79.3 Å². The Morgan fingerprint density at radius 2 is 0.657 bits per heavy atom. The Hall–Kier alpha value is -0.500. The molecule has 6 heteroatoms. The minimum atomic E-state index is 0.563. The maximum Gasteiger partial charge on any atom is 0.0704 e. The van der Waals surface area contributed by atoms with E-state index in [0.717, 1.165) is 13.0 Å². The number of hydrogen-bond donors (Lipinski definition) is 0. The zero-order valence-corrected chi connectivity index (χ0v) is 23.1.